The summed E-state index contributed by atoms with van der Waals surface area (Å²) in [7, 11) is 0. The average molecular weight is 171 g/mol. The molecule has 0 fully saturated rings. The van der Waals surface area contributed by atoms with Crippen molar-refractivity contribution in [3.8, 4) is 0 Å². The van der Waals surface area contributed by atoms with Crippen LogP contribution in [0.25, 0.3) is 0 Å². The fourth-order valence-corrected chi connectivity index (χ4v) is 1.44. The van der Waals surface area contributed by atoms with E-state index in [4.69, 9.17) is 5.11 Å². The van der Waals surface area contributed by atoms with Crippen LogP contribution in [-0.2, 0) is 0 Å². The van der Waals surface area contributed by atoms with Crippen molar-refractivity contribution in [2.75, 3.05) is 0 Å². The number of thiazole rings is 1. The number of nitrogens with zero attached hydrogens (tertiary/aromatic N) is 1. The number of carbonyl (C=O) groups excluding carboxylic acids is 1. The van der Waals surface area contributed by atoms with Gasteiger partial charge in [0.15, 0.2) is 5.78 Å². The van der Waals surface area contributed by atoms with Crippen LogP contribution in [-0.4, -0.2) is 15.9 Å². The van der Waals surface area contributed by atoms with Gasteiger partial charge in [0.25, 0.3) is 0 Å². The number of hydrogen-bond donors (Lipinski definition) is 1. The van der Waals surface area contributed by atoms with Gasteiger partial charge in [-0.15, -0.1) is 11.3 Å². The molecule has 1 aromatic heterocycles. The molecule has 1 rings (SSSR count). The summed E-state index contributed by atoms with van der Waals surface area (Å²) in [5, 5.41) is 11.3. The minimum Gasteiger partial charge on any atom is -0.386 e. The maximum atomic E-state index is 10.7. The molecule has 0 radical (unpaired) electrons. The normalized spacial score (nSPS) is 13.0. The Morgan fingerprint density at radius 3 is 2.73 bits per heavy atom. The van der Waals surface area contributed by atoms with Gasteiger partial charge in [0.1, 0.15) is 16.8 Å². The van der Waals surface area contributed by atoms with Gasteiger partial charge in [-0.1, -0.05) is 0 Å². The molecule has 11 heavy (non-hydrogen) atoms. The first-order valence-corrected chi connectivity index (χ1v) is 4.13. The van der Waals surface area contributed by atoms with E-state index in [0.29, 0.717) is 10.7 Å². The average Bonchev–Trinajstić information content (AvgIpc) is 2.33. The van der Waals surface area contributed by atoms with Crippen molar-refractivity contribution in [1.82, 2.24) is 4.98 Å². The third-order valence-corrected chi connectivity index (χ3v) is 2.26. The molecule has 1 unspecified atom stereocenters. The van der Waals surface area contributed by atoms with Crippen molar-refractivity contribution in [2.24, 2.45) is 0 Å². The standard InChI is InChI=1S/C7H9NO2S/c1-4(9)6-3-11-7(8-6)5(2)10/h3,5,10H,1-2H3. The fraction of sp³-hybridized carbons (Fsp3) is 0.429. The number of Topliss-reactive ketones (excluding diaryl/α,β-unsaturated/α-hetero) is 1. The van der Waals surface area contributed by atoms with Gasteiger partial charge < -0.3 is 5.11 Å². The smallest absolute Gasteiger partial charge is 0.178 e. The van der Waals surface area contributed by atoms with Crippen LogP contribution in [0.3, 0.4) is 0 Å². The third kappa shape index (κ3) is 1.85. The maximum Gasteiger partial charge on any atom is 0.178 e. The Kier molecular flexibility index (Phi) is 2.36. The number of ketones is 1. The molecule has 60 valence electrons. The second-order valence-corrected chi connectivity index (χ2v) is 3.19. The second-order valence-electron chi connectivity index (χ2n) is 2.30. The molecule has 0 aliphatic rings. The first kappa shape index (κ1) is 8.36. The molecule has 0 aliphatic carbocycles. The van der Waals surface area contributed by atoms with Gasteiger partial charge in [0, 0.05) is 12.3 Å². The molecule has 0 amide bonds. The molecule has 1 heterocycles. The Balaban J connectivity index is 2.90. The molecule has 0 bridgehead atoms. The highest BCUT2D eigenvalue weighted by atomic mass is 32.1. The lowest BCUT2D eigenvalue weighted by atomic mass is 10.3. The highest BCUT2D eigenvalue weighted by molar-refractivity contribution is 7.09. The predicted molar refractivity (Wildman–Crippen MR) is 42.8 cm³/mol. The Morgan fingerprint density at radius 1 is 1.82 bits per heavy atom. The Morgan fingerprint density at radius 2 is 2.45 bits per heavy atom. The van der Waals surface area contributed by atoms with Crippen molar-refractivity contribution >= 4 is 17.1 Å². The zero-order valence-electron chi connectivity index (χ0n) is 6.37. The van der Waals surface area contributed by atoms with Crippen molar-refractivity contribution in [3.05, 3.63) is 16.1 Å². The second kappa shape index (κ2) is 3.11. The van der Waals surface area contributed by atoms with E-state index in [9.17, 15) is 4.79 Å². The highest BCUT2D eigenvalue weighted by Gasteiger charge is 2.08. The van der Waals surface area contributed by atoms with Gasteiger partial charge in [0.05, 0.1) is 0 Å². The topological polar surface area (TPSA) is 50.2 Å². The van der Waals surface area contributed by atoms with Crippen LogP contribution in [0, 0.1) is 0 Å². The first-order chi connectivity index (χ1) is 5.11. The summed E-state index contributed by atoms with van der Waals surface area (Å²) in [5.41, 5.74) is 0.436. The summed E-state index contributed by atoms with van der Waals surface area (Å²) >= 11 is 1.30. The summed E-state index contributed by atoms with van der Waals surface area (Å²) in [5.74, 6) is -0.0619. The van der Waals surface area contributed by atoms with Gasteiger partial charge in [-0.2, -0.15) is 0 Å². The zero-order chi connectivity index (χ0) is 8.43. The lowest BCUT2D eigenvalue weighted by Gasteiger charge is -1.94. The molecule has 0 aromatic carbocycles. The van der Waals surface area contributed by atoms with E-state index in [1.165, 1.54) is 18.3 Å². The van der Waals surface area contributed by atoms with Crippen LogP contribution in [0.15, 0.2) is 5.38 Å². The van der Waals surface area contributed by atoms with Gasteiger partial charge >= 0.3 is 0 Å². The third-order valence-electron chi connectivity index (χ3n) is 1.24. The SMILES string of the molecule is CC(=O)c1csc(C(C)O)n1. The van der Waals surface area contributed by atoms with Crippen LogP contribution >= 0.6 is 11.3 Å². The lowest BCUT2D eigenvalue weighted by molar-refractivity contribution is 0.101. The van der Waals surface area contributed by atoms with E-state index in [2.05, 4.69) is 4.98 Å². The van der Waals surface area contributed by atoms with Crippen LogP contribution in [0.2, 0.25) is 0 Å². The van der Waals surface area contributed by atoms with Gasteiger partial charge in [-0.25, -0.2) is 4.98 Å². The van der Waals surface area contributed by atoms with Crippen LogP contribution < -0.4 is 0 Å². The molecule has 0 saturated heterocycles. The lowest BCUT2D eigenvalue weighted by Crippen LogP contribution is -1.94. The van der Waals surface area contributed by atoms with E-state index in [-0.39, 0.29) is 5.78 Å². The van der Waals surface area contributed by atoms with Gasteiger partial charge in [0.2, 0.25) is 0 Å². The fourth-order valence-electron chi connectivity index (χ4n) is 0.641. The summed E-state index contributed by atoms with van der Waals surface area (Å²) < 4.78 is 0. The van der Waals surface area contributed by atoms with E-state index < -0.39 is 6.10 Å². The molecule has 3 nitrogen and oxygen atoms in total. The van der Waals surface area contributed by atoms with Crippen LogP contribution in [0.4, 0.5) is 0 Å². The quantitative estimate of drug-likeness (QED) is 0.684. The molecule has 0 spiro atoms. The van der Waals surface area contributed by atoms with E-state index in [1.807, 2.05) is 0 Å². The van der Waals surface area contributed by atoms with E-state index in [0.717, 1.165) is 0 Å². The summed E-state index contributed by atoms with van der Waals surface area (Å²) in [4.78, 5) is 14.7. The molecule has 1 aromatic rings. The maximum absolute atomic E-state index is 10.7. The Labute approximate surface area is 68.7 Å². The van der Waals surface area contributed by atoms with E-state index >= 15 is 0 Å². The number of hydrogen-bond acceptors (Lipinski definition) is 4. The van der Waals surface area contributed by atoms with Gasteiger partial charge in [-0.05, 0) is 6.92 Å². The monoisotopic (exact) mass is 171 g/mol. The van der Waals surface area contributed by atoms with Crippen LogP contribution in [0.1, 0.15) is 35.4 Å². The number of carbonyl (C=O) groups is 1. The van der Waals surface area contributed by atoms with Crippen molar-refractivity contribution in [1.29, 1.82) is 0 Å². The van der Waals surface area contributed by atoms with E-state index in [1.54, 1.807) is 12.3 Å². The number of aromatic nitrogens is 1. The largest absolute Gasteiger partial charge is 0.386 e. The molecule has 0 saturated carbocycles. The molecule has 4 heteroatoms. The zero-order valence-corrected chi connectivity index (χ0v) is 7.18. The van der Waals surface area contributed by atoms with Crippen LogP contribution in [0.5, 0.6) is 0 Å². The number of aliphatic hydroxyl groups excluding tert-OH is 1. The summed E-state index contributed by atoms with van der Waals surface area (Å²) in [6.45, 7) is 3.09. The molecule has 0 aliphatic heterocycles. The number of rotatable bonds is 2. The summed E-state index contributed by atoms with van der Waals surface area (Å²) in [6.07, 6.45) is -0.576. The minimum atomic E-state index is -0.576. The first-order valence-electron chi connectivity index (χ1n) is 3.25. The van der Waals surface area contributed by atoms with Crippen molar-refractivity contribution in [2.45, 2.75) is 20.0 Å². The number of aliphatic hydroxyl groups is 1. The van der Waals surface area contributed by atoms with Crippen molar-refractivity contribution in [3.63, 3.8) is 0 Å². The Bertz CT molecular complexity index is 267. The Hall–Kier alpha value is -0.740. The molecular weight excluding hydrogens is 162 g/mol. The highest BCUT2D eigenvalue weighted by Crippen LogP contribution is 2.17. The van der Waals surface area contributed by atoms with Crippen molar-refractivity contribution < 1.29 is 9.90 Å². The molecule has 1 atom stereocenters. The molecule has 1 N–H and O–H groups in total. The molecular formula is C7H9NO2S. The van der Waals surface area contributed by atoms with Gasteiger partial charge in [-0.3, -0.25) is 4.79 Å². The summed E-state index contributed by atoms with van der Waals surface area (Å²) in [6, 6.07) is 0. The minimum absolute atomic E-state index is 0.0619. The predicted octanol–water partition coefficient (Wildman–Crippen LogP) is 1.40.